The summed E-state index contributed by atoms with van der Waals surface area (Å²) in [6.07, 6.45) is 1.73. The Morgan fingerprint density at radius 1 is 1.75 bits per heavy atom. The highest BCUT2D eigenvalue weighted by molar-refractivity contribution is 5.72. The first-order chi connectivity index (χ1) is 5.72. The lowest BCUT2D eigenvalue weighted by molar-refractivity contribution is -0.139. The molecule has 1 aromatic heterocycles. The summed E-state index contributed by atoms with van der Waals surface area (Å²) in [5.74, 6) is -0.312. The van der Waals surface area contributed by atoms with Gasteiger partial charge in [-0.3, -0.25) is 9.78 Å². The van der Waals surface area contributed by atoms with Gasteiger partial charge in [0, 0.05) is 11.9 Å². The maximum absolute atomic E-state index is 10.8. The first kappa shape index (κ1) is 8.52. The number of hydrogen-bond donors (Lipinski definition) is 1. The Kier molecular flexibility index (Phi) is 2.63. The van der Waals surface area contributed by atoms with Gasteiger partial charge in [-0.05, 0) is 12.1 Å². The topological polar surface area (TPSA) is 65.2 Å². The fourth-order valence-corrected chi connectivity index (χ4v) is 0.814. The van der Waals surface area contributed by atoms with Gasteiger partial charge in [-0.2, -0.15) is 0 Å². The van der Waals surface area contributed by atoms with Crippen LogP contribution in [0.4, 0.5) is 5.69 Å². The van der Waals surface area contributed by atoms with Crippen LogP contribution in [-0.4, -0.2) is 18.1 Å². The predicted molar refractivity (Wildman–Crippen MR) is 44.4 cm³/mol. The summed E-state index contributed by atoms with van der Waals surface area (Å²) >= 11 is 0. The molecule has 1 rings (SSSR count). The minimum absolute atomic E-state index is 0.168. The first-order valence-electron chi connectivity index (χ1n) is 3.49. The lowest BCUT2D eigenvalue weighted by Gasteiger charge is -1.99. The molecule has 0 aromatic carbocycles. The number of rotatable bonds is 2. The van der Waals surface area contributed by atoms with E-state index in [1.165, 1.54) is 7.11 Å². The van der Waals surface area contributed by atoms with E-state index in [0.717, 1.165) is 0 Å². The van der Waals surface area contributed by atoms with Gasteiger partial charge in [0.25, 0.3) is 0 Å². The van der Waals surface area contributed by atoms with E-state index in [-0.39, 0.29) is 12.4 Å². The highest BCUT2D eigenvalue weighted by atomic mass is 16.5. The summed E-state index contributed by atoms with van der Waals surface area (Å²) in [7, 11) is 1.34. The predicted octanol–water partition coefficient (Wildman–Crippen LogP) is 0.379. The molecule has 0 aliphatic carbocycles. The number of hydrogen-bond acceptors (Lipinski definition) is 4. The largest absolute Gasteiger partial charge is 0.469 e. The smallest absolute Gasteiger partial charge is 0.311 e. The van der Waals surface area contributed by atoms with Crippen molar-refractivity contribution in [3.63, 3.8) is 0 Å². The zero-order chi connectivity index (χ0) is 8.97. The molecule has 0 radical (unpaired) electrons. The number of carbonyl (C=O) groups excluding carboxylic acids is 1. The minimum atomic E-state index is -0.312. The van der Waals surface area contributed by atoms with E-state index in [4.69, 9.17) is 5.73 Å². The van der Waals surface area contributed by atoms with E-state index in [0.29, 0.717) is 11.4 Å². The Hall–Kier alpha value is -1.58. The molecule has 1 heterocycles. The quantitative estimate of drug-likeness (QED) is 0.645. The SMILES string of the molecule is COC(=O)Cc1cc(N)ccn1. The van der Waals surface area contributed by atoms with Crippen molar-refractivity contribution in [3.8, 4) is 0 Å². The zero-order valence-electron chi connectivity index (χ0n) is 6.78. The number of pyridine rings is 1. The molecule has 0 bridgehead atoms. The van der Waals surface area contributed by atoms with Crippen LogP contribution in [0.15, 0.2) is 18.3 Å². The van der Waals surface area contributed by atoms with Crippen LogP contribution in [0, 0.1) is 0 Å². The van der Waals surface area contributed by atoms with Crippen LogP contribution in [0.5, 0.6) is 0 Å². The van der Waals surface area contributed by atoms with Crippen molar-refractivity contribution in [1.82, 2.24) is 4.98 Å². The van der Waals surface area contributed by atoms with E-state index in [9.17, 15) is 4.79 Å². The highest BCUT2D eigenvalue weighted by Crippen LogP contribution is 2.03. The van der Waals surface area contributed by atoms with Crippen LogP contribution in [0.1, 0.15) is 5.69 Å². The first-order valence-corrected chi connectivity index (χ1v) is 3.49. The monoisotopic (exact) mass is 166 g/mol. The zero-order valence-corrected chi connectivity index (χ0v) is 6.78. The van der Waals surface area contributed by atoms with Crippen molar-refractivity contribution in [2.75, 3.05) is 12.8 Å². The highest BCUT2D eigenvalue weighted by Gasteiger charge is 2.03. The van der Waals surface area contributed by atoms with Gasteiger partial charge in [-0.15, -0.1) is 0 Å². The molecule has 0 spiro atoms. The Morgan fingerprint density at radius 3 is 3.08 bits per heavy atom. The standard InChI is InChI=1S/C8H10N2O2/c1-12-8(11)5-7-4-6(9)2-3-10-7/h2-4H,5H2,1H3,(H2,9,10). The van der Waals surface area contributed by atoms with Crippen molar-refractivity contribution < 1.29 is 9.53 Å². The van der Waals surface area contributed by atoms with E-state index >= 15 is 0 Å². The van der Waals surface area contributed by atoms with Crippen LogP contribution in [-0.2, 0) is 16.0 Å². The number of esters is 1. The number of nitrogens with zero attached hydrogens (tertiary/aromatic N) is 1. The normalized spacial score (nSPS) is 9.42. The molecule has 4 heteroatoms. The fraction of sp³-hybridized carbons (Fsp3) is 0.250. The average Bonchev–Trinajstić information content (AvgIpc) is 2.04. The molecule has 0 fully saturated rings. The second-order valence-corrected chi connectivity index (χ2v) is 2.33. The maximum atomic E-state index is 10.8. The Balaban J connectivity index is 2.69. The molecule has 0 saturated heterocycles. The third kappa shape index (κ3) is 2.23. The number of carbonyl (C=O) groups is 1. The number of methoxy groups -OCH3 is 1. The second-order valence-electron chi connectivity index (χ2n) is 2.33. The van der Waals surface area contributed by atoms with Crippen molar-refractivity contribution in [2.24, 2.45) is 0 Å². The summed E-state index contributed by atoms with van der Waals surface area (Å²) in [6.45, 7) is 0. The van der Waals surface area contributed by atoms with Crippen LogP contribution in [0.25, 0.3) is 0 Å². The number of nitrogens with two attached hydrogens (primary N) is 1. The lowest BCUT2D eigenvalue weighted by Crippen LogP contribution is -2.06. The molecule has 0 aliphatic rings. The fourth-order valence-electron chi connectivity index (χ4n) is 0.814. The molecular weight excluding hydrogens is 156 g/mol. The van der Waals surface area contributed by atoms with Crippen molar-refractivity contribution in [2.45, 2.75) is 6.42 Å². The van der Waals surface area contributed by atoms with Gasteiger partial charge in [0.15, 0.2) is 0 Å². The Bertz CT molecular complexity index is 286. The lowest BCUT2D eigenvalue weighted by atomic mass is 10.2. The number of anilines is 1. The summed E-state index contributed by atoms with van der Waals surface area (Å²) in [6, 6.07) is 3.32. The molecule has 0 amide bonds. The Morgan fingerprint density at radius 2 is 2.50 bits per heavy atom. The third-order valence-electron chi connectivity index (χ3n) is 1.39. The summed E-state index contributed by atoms with van der Waals surface area (Å²) in [4.78, 5) is 14.7. The molecule has 0 unspecified atom stereocenters. The van der Waals surface area contributed by atoms with Gasteiger partial charge < -0.3 is 10.5 Å². The summed E-state index contributed by atoms with van der Waals surface area (Å²) < 4.78 is 4.47. The molecule has 0 aliphatic heterocycles. The van der Waals surface area contributed by atoms with Gasteiger partial charge in [-0.1, -0.05) is 0 Å². The molecule has 4 nitrogen and oxygen atoms in total. The van der Waals surface area contributed by atoms with E-state index in [1.807, 2.05) is 0 Å². The minimum Gasteiger partial charge on any atom is -0.469 e. The number of aromatic nitrogens is 1. The van der Waals surface area contributed by atoms with E-state index in [1.54, 1.807) is 18.3 Å². The van der Waals surface area contributed by atoms with Gasteiger partial charge in [-0.25, -0.2) is 0 Å². The Labute approximate surface area is 70.4 Å². The second kappa shape index (κ2) is 3.71. The summed E-state index contributed by atoms with van der Waals surface area (Å²) in [5, 5.41) is 0. The van der Waals surface area contributed by atoms with Crippen molar-refractivity contribution in [3.05, 3.63) is 24.0 Å². The third-order valence-corrected chi connectivity index (χ3v) is 1.39. The number of ether oxygens (including phenoxy) is 1. The van der Waals surface area contributed by atoms with Crippen LogP contribution in [0.3, 0.4) is 0 Å². The molecule has 64 valence electrons. The van der Waals surface area contributed by atoms with Gasteiger partial charge >= 0.3 is 5.97 Å². The van der Waals surface area contributed by atoms with Crippen LogP contribution >= 0.6 is 0 Å². The molecule has 2 N–H and O–H groups in total. The number of nitrogen functional groups attached to an aromatic ring is 1. The van der Waals surface area contributed by atoms with Crippen LogP contribution in [0.2, 0.25) is 0 Å². The van der Waals surface area contributed by atoms with E-state index < -0.39 is 0 Å². The van der Waals surface area contributed by atoms with Gasteiger partial charge in [0.1, 0.15) is 0 Å². The maximum Gasteiger partial charge on any atom is 0.311 e. The molecular formula is C8H10N2O2. The molecule has 1 aromatic rings. The van der Waals surface area contributed by atoms with E-state index in [2.05, 4.69) is 9.72 Å². The molecule has 0 saturated carbocycles. The van der Waals surface area contributed by atoms with Crippen molar-refractivity contribution >= 4 is 11.7 Å². The summed E-state index contributed by atoms with van der Waals surface area (Å²) in [5.41, 5.74) is 6.71. The molecule has 0 atom stereocenters. The van der Waals surface area contributed by atoms with Gasteiger partial charge in [0.2, 0.25) is 0 Å². The van der Waals surface area contributed by atoms with Crippen molar-refractivity contribution in [1.29, 1.82) is 0 Å². The average molecular weight is 166 g/mol. The van der Waals surface area contributed by atoms with Gasteiger partial charge in [0.05, 0.1) is 19.2 Å². The molecule has 12 heavy (non-hydrogen) atoms. The van der Waals surface area contributed by atoms with Crippen LogP contribution < -0.4 is 5.73 Å².